The van der Waals surface area contributed by atoms with Gasteiger partial charge >= 0.3 is 0 Å². The van der Waals surface area contributed by atoms with E-state index < -0.39 is 0 Å². The Kier molecular flexibility index (Phi) is 3.36. The van der Waals surface area contributed by atoms with Crippen LogP contribution in [0.5, 0.6) is 0 Å². The topological polar surface area (TPSA) is 70.0 Å². The molecule has 0 saturated heterocycles. The van der Waals surface area contributed by atoms with Crippen LogP contribution in [0.3, 0.4) is 0 Å². The fourth-order valence-corrected chi connectivity index (χ4v) is 3.70. The molecule has 0 radical (unpaired) electrons. The standard InChI is InChI=1S/C20H18N6O/c1-13-22-20-21-11-16-18(26(20)23-13)8-10-25(19(16)27)9-7-14-12-24(2)17-6-4-3-5-15(14)17/h3-6,8,10-12H,7,9H2,1-2H3. The number of aryl methyl sites for hydroxylation is 4. The van der Waals surface area contributed by atoms with Crippen molar-refractivity contribution < 1.29 is 0 Å². The first-order valence-corrected chi connectivity index (χ1v) is 8.86. The summed E-state index contributed by atoms with van der Waals surface area (Å²) < 4.78 is 5.49. The molecule has 0 bridgehead atoms. The van der Waals surface area contributed by atoms with Crippen LogP contribution >= 0.6 is 0 Å². The first-order valence-electron chi connectivity index (χ1n) is 8.86. The summed E-state index contributed by atoms with van der Waals surface area (Å²) in [6, 6.07) is 10.2. The van der Waals surface area contributed by atoms with E-state index in [4.69, 9.17) is 0 Å². The molecule has 0 fully saturated rings. The predicted octanol–water partition coefficient (Wildman–Crippen LogP) is 2.48. The first kappa shape index (κ1) is 15.7. The van der Waals surface area contributed by atoms with E-state index in [1.165, 1.54) is 16.5 Å². The smallest absolute Gasteiger partial charge is 0.261 e. The van der Waals surface area contributed by atoms with Gasteiger partial charge in [-0.15, -0.1) is 5.10 Å². The summed E-state index contributed by atoms with van der Waals surface area (Å²) >= 11 is 0. The van der Waals surface area contributed by atoms with Crippen LogP contribution in [0.2, 0.25) is 0 Å². The van der Waals surface area contributed by atoms with E-state index in [0.29, 0.717) is 23.5 Å². The number of benzene rings is 1. The minimum atomic E-state index is -0.0599. The minimum Gasteiger partial charge on any atom is -0.350 e. The van der Waals surface area contributed by atoms with Gasteiger partial charge in [0.05, 0.1) is 10.9 Å². The number of pyridine rings is 1. The number of rotatable bonds is 3. The van der Waals surface area contributed by atoms with Crippen molar-refractivity contribution in [2.75, 3.05) is 0 Å². The van der Waals surface area contributed by atoms with Crippen LogP contribution in [0.15, 0.2) is 53.7 Å². The van der Waals surface area contributed by atoms with Crippen molar-refractivity contribution in [2.45, 2.75) is 19.9 Å². The van der Waals surface area contributed by atoms with Crippen LogP contribution in [-0.2, 0) is 20.0 Å². The molecule has 0 amide bonds. The molecule has 0 aliphatic carbocycles. The van der Waals surface area contributed by atoms with Gasteiger partial charge in [0.25, 0.3) is 11.3 Å². The molecule has 27 heavy (non-hydrogen) atoms. The molecule has 4 aromatic heterocycles. The maximum Gasteiger partial charge on any atom is 0.261 e. The minimum absolute atomic E-state index is 0.0599. The molecule has 134 valence electrons. The Labute approximate surface area is 154 Å². The van der Waals surface area contributed by atoms with Crippen molar-refractivity contribution in [3.63, 3.8) is 0 Å². The molecule has 7 nitrogen and oxygen atoms in total. The Morgan fingerprint density at radius 1 is 1.07 bits per heavy atom. The Bertz CT molecular complexity index is 1370. The number of para-hydroxylation sites is 1. The quantitative estimate of drug-likeness (QED) is 0.497. The number of nitrogens with zero attached hydrogens (tertiary/aromatic N) is 6. The molecular weight excluding hydrogens is 340 g/mol. The molecule has 1 aromatic carbocycles. The average Bonchev–Trinajstić information content (AvgIpc) is 3.21. The van der Waals surface area contributed by atoms with Crippen LogP contribution in [0.1, 0.15) is 11.4 Å². The van der Waals surface area contributed by atoms with E-state index in [2.05, 4.69) is 38.0 Å². The molecule has 0 saturated carbocycles. The lowest BCUT2D eigenvalue weighted by Gasteiger charge is -2.07. The Morgan fingerprint density at radius 2 is 1.93 bits per heavy atom. The van der Waals surface area contributed by atoms with Crippen molar-refractivity contribution in [3.05, 3.63) is 70.7 Å². The number of hydrogen-bond acceptors (Lipinski definition) is 4. The van der Waals surface area contributed by atoms with Crippen LogP contribution in [0, 0.1) is 6.92 Å². The zero-order chi connectivity index (χ0) is 18.5. The summed E-state index contributed by atoms with van der Waals surface area (Å²) in [7, 11) is 2.05. The van der Waals surface area contributed by atoms with Crippen LogP contribution in [0.25, 0.3) is 27.6 Å². The highest BCUT2D eigenvalue weighted by Gasteiger charge is 2.11. The van der Waals surface area contributed by atoms with Gasteiger partial charge in [-0.3, -0.25) is 4.79 Å². The maximum absolute atomic E-state index is 12.9. The summed E-state index contributed by atoms with van der Waals surface area (Å²) in [6.07, 6.45) is 6.34. The highest BCUT2D eigenvalue weighted by Crippen LogP contribution is 2.21. The maximum atomic E-state index is 12.9. The van der Waals surface area contributed by atoms with E-state index in [-0.39, 0.29) is 5.56 Å². The summed E-state index contributed by atoms with van der Waals surface area (Å²) in [5, 5.41) is 6.12. The SMILES string of the molecule is Cc1nc2ncc3c(=O)n(CCc4cn(C)c5ccccc45)ccc3n2n1. The summed E-state index contributed by atoms with van der Waals surface area (Å²) in [5.74, 6) is 1.14. The molecule has 0 N–H and O–H groups in total. The molecular formula is C20H18N6O. The molecule has 0 aliphatic heterocycles. The largest absolute Gasteiger partial charge is 0.350 e. The fraction of sp³-hybridized carbons (Fsp3) is 0.200. The number of fused-ring (bicyclic) bond motifs is 4. The second-order valence-corrected chi connectivity index (χ2v) is 6.77. The Morgan fingerprint density at radius 3 is 2.81 bits per heavy atom. The zero-order valence-corrected chi connectivity index (χ0v) is 15.1. The van der Waals surface area contributed by atoms with Gasteiger partial charge < -0.3 is 9.13 Å². The summed E-state index contributed by atoms with van der Waals surface area (Å²) in [4.78, 5) is 21.4. The highest BCUT2D eigenvalue weighted by atomic mass is 16.1. The van der Waals surface area contributed by atoms with Gasteiger partial charge in [0.15, 0.2) is 0 Å². The van der Waals surface area contributed by atoms with Gasteiger partial charge in [0.2, 0.25) is 0 Å². The zero-order valence-electron chi connectivity index (χ0n) is 15.1. The molecule has 5 aromatic rings. The molecule has 0 atom stereocenters. The molecule has 0 spiro atoms. The normalized spacial score (nSPS) is 11.8. The van der Waals surface area contributed by atoms with E-state index >= 15 is 0 Å². The van der Waals surface area contributed by atoms with Gasteiger partial charge in [0.1, 0.15) is 5.82 Å². The highest BCUT2D eigenvalue weighted by molar-refractivity contribution is 5.84. The monoisotopic (exact) mass is 358 g/mol. The third kappa shape index (κ3) is 2.43. The third-order valence-electron chi connectivity index (χ3n) is 5.01. The van der Waals surface area contributed by atoms with Crippen LogP contribution in [-0.4, -0.2) is 28.7 Å². The average molecular weight is 358 g/mol. The van der Waals surface area contributed by atoms with Gasteiger partial charge in [-0.1, -0.05) is 18.2 Å². The van der Waals surface area contributed by atoms with Crippen LogP contribution in [0.4, 0.5) is 0 Å². The molecule has 7 heteroatoms. The summed E-state index contributed by atoms with van der Waals surface area (Å²) in [5.41, 5.74) is 3.11. The number of hydrogen-bond donors (Lipinski definition) is 0. The molecule has 0 aliphatic rings. The molecule has 4 heterocycles. The van der Waals surface area contributed by atoms with Gasteiger partial charge in [0, 0.05) is 43.1 Å². The van der Waals surface area contributed by atoms with Crippen molar-refractivity contribution >= 4 is 27.6 Å². The molecule has 5 rings (SSSR count). The second kappa shape index (κ2) is 5.77. The Balaban J connectivity index is 1.54. The van der Waals surface area contributed by atoms with Crippen molar-refractivity contribution in [1.82, 2.24) is 28.7 Å². The summed E-state index contributed by atoms with van der Waals surface area (Å²) in [6.45, 7) is 2.42. The number of aromatic nitrogens is 6. The van der Waals surface area contributed by atoms with E-state index in [1.807, 2.05) is 38.4 Å². The van der Waals surface area contributed by atoms with Crippen LogP contribution < -0.4 is 5.56 Å². The van der Waals surface area contributed by atoms with Crippen molar-refractivity contribution in [2.24, 2.45) is 7.05 Å². The first-order chi connectivity index (χ1) is 13.1. The Hall–Kier alpha value is -3.48. The lowest BCUT2D eigenvalue weighted by atomic mass is 10.1. The fourth-order valence-electron chi connectivity index (χ4n) is 3.70. The second-order valence-electron chi connectivity index (χ2n) is 6.77. The molecule has 0 unspecified atom stereocenters. The van der Waals surface area contributed by atoms with E-state index in [0.717, 1.165) is 11.9 Å². The predicted molar refractivity (Wildman–Crippen MR) is 104 cm³/mol. The van der Waals surface area contributed by atoms with E-state index in [9.17, 15) is 4.79 Å². The van der Waals surface area contributed by atoms with Gasteiger partial charge in [-0.05, 0) is 31.0 Å². The van der Waals surface area contributed by atoms with Gasteiger partial charge in [-0.25, -0.2) is 4.98 Å². The lowest BCUT2D eigenvalue weighted by molar-refractivity contribution is 0.675. The van der Waals surface area contributed by atoms with E-state index in [1.54, 1.807) is 15.3 Å². The third-order valence-corrected chi connectivity index (χ3v) is 5.01. The lowest BCUT2D eigenvalue weighted by Crippen LogP contribution is -2.21. The van der Waals surface area contributed by atoms with Crippen molar-refractivity contribution in [3.8, 4) is 0 Å². The van der Waals surface area contributed by atoms with Gasteiger partial charge in [-0.2, -0.15) is 9.50 Å². The van der Waals surface area contributed by atoms with Crippen molar-refractivity contribution in [1.29, 1.82) is 0 Å².